The molecule has 1 atom stereocenters. The Balaban J connectivity index is 0.00000338. The highest BCUT2D eigenvalue weighted by molar-refractivity contribution is 7.17. The number of carbonyl (C=O) groups is 2. The second-order valence-electron chi connectivity index (χ2n) is 7.62. The average Bonchev–Trinajstić information content (AvgIpc) is 2.92. The van der Waals surface area contributed by atoms with Crippen molar-refractivity contribution in [2.24, 2.45) is 5.92 Å². The van der Waals surface area contributed by atoms with Gasteiger partial charge in [-0.05, 0) is 65.0 Å². The second kappa shape index (κ2) is 8.41. The highest BCUT2D eigenvalue weighted by Gasteiger charge is 2.27. The molecule has 0 radical (unpaired) electrons. The molecule has 7 heteroatoms. The van der Waals surface area contributed by atoms with Gasteiger partial charge in [0.1, 0.15) is 5.60 Å². The third kappa shape index (κ3) is 6.51. The normalized spacial score (nSPS) is 17.2. The summed E-state index contributed by atoms with van der Waals surface area (Å²) in [7, 11) is 0. The van der Waals surface area contributed by atoms with Crippen LogP contribution in [0.4, 0.5) is 4.79 Å². The van der Waals surface area contributed by atoms with Gasteiger partial charge in [-0.25, -0.2) is 4.79 Å². The van der Waals surface area contributed by atoms with E-state index in [-0.39, 0.29) is 19.5 Å². The summed E-state index contributed by atoms with van der Waals surface area (Å²) in [5.41, 5.74) is -0.461. The van der Waals surface area contributed by atoms with E-state index in [4.69, 9.17) is 16.3 Å². The molecule has 1 aromatic heterocycles. The fourth-order valence-electron chi connectivity index (χ4n) is 2.97. The molecule has 2 heterocycles. The predicted octanol–water partition coefficient (Wildman–Crippen LogP) is 4.80. The Morgan fingerprint density at radius 2 is 2.04 bits per heavy atom. The Bertz CT molecular complexity index is 610. The molecular weight excluding hydrogens is 360 g/mol. The molecule has 1 aliphatic rings. The van der Waals surface area contributed by atoms with Crippen LogP contribution in [0, 0.1) is 5.92 Å². The summed E-state index contributed by atoms with van der Waals surface area (Å²) in [6.07, 6.45) is 2.54. The summed E-state index contributed by atoms with van der Waals surface area (Å²) < 4.78 is 6.04. The summed E-state index contributed by atoms with van der Waals surface area (Å²) in [4.78, 5) is 26.7. The van der Waals surface area contributed by atoms with Crippen molar-refractivity contribution in [2.75, 3.05) is 13.1 Å². The van der Waals surface area contributed by atoms with Crippen molar-refractivity contribution in [1.29, 1.82) is 0 Å². The summed E-state index contributed by atoms with van der Waals surface area (Å²) in [5, 5.41) is 3.03. The van der Waals surface area contributed by atoms with Crippen LogP contribution in [0.1, 0.15) is 58.1 Å². The van der Waals surface area contributed by atoms with E-state index in [1.165, 1.54) is 11.3 Å². The van der Waals surface area contributed by atoms with E-state index in [1.54, 1.807) is 17.0 Å². The molecular formula is C18H29ClN2O3S. The third-order valence-corrected chi connectivity index (χ3v) is 5.36. The topological polar surface area (TPSA) is 58.6 Å². The molecule has 0 saturated carbocycles. The number of hydrogen-bond acceptors (Lipinski definition) is 4. The number of amides is 2. The molecule has 0 aliphatic carbocycles. The Kier molecular flexibility index (Phi) is 6.74. The van der Waals surface area contributed by atoms with Gasteiger partial charge in [-0.2, -0.15) is 0 Å². The first-order chi connectivity index (χ1) is 11.6. The minimum atomic E-state index is -0.461. The van der Waals surface area contributed by atoms with Gasteiger partial charge < -0.3 is 15.0 Å². The van der Waals surface area contributed by atoms with Gasteiger partial charge in [0.05, 0.1) is 9.21 Å². The van der Waals surface area contributed by atoms with E-state index in [0.29, 0.717) is 28.2 Å². The number of halogens is 1. The summed E-state index contributed by atoms with van der Waals surface area (Å²) >= 11 is 7.16. The van der Waals surface area contributed by atoms with E-state index in [0.717, 1.165) is 19.3 Å². The minimum absolute atomic E-state index is 0. The molecule has 1 aromatic rings. The fraction of sp³-hybridized carbons (Fsp3) is 0.667. The van der Waals surface area contributed by atoms with Crippen molar-refractivity contribution >= 4 is 34.9 Å². The van der Waals surface area contributed by atoms with E-state index in [9.17, 15) is 9.59 Å². The van der Waals surface area contributed by atoms with Crippen LogP contribution in [0.2, 0.25) is 4.34 Å². The number of ether oxygens (including phenoxy) is 1. The Morgan fingerprint density at radius 1 is 1.40 bits per heavy atom. The highest BCUT2D eigenvalue weighted by Crippen LogP contribution is 2.24. The van der Waals surface area contributed by atoms with E-state index in [2.05, 4.69) is 5.32 Å². The van der Waals surface area contributed by atoms with Crippen LogP contribution in [-0.2, 0) is 4.74 Å². The SMILES string of the molecule is C[C@H](CC1CCN(C(=O)OC(C)(C)C)CC1)NC(=O)c1ccc(Cl)s1.[HH]. The van der Waals surface area contributed by atoms with Crippen molar-refractivity contribution in [2.45, 2.75) is 58.6 Å². The molecule has 25 heavy (non-hydrogen) atoms. The lowest BCUT2D eigenvalue weighted by Gasteiger charge is -2.34. The van der Waals surface area contributed by atoms with E-state index >= 15 is 0 Å². The van der Waals surface area contributed by atoms with Crippen molar-refractivity contribution in [3.05, 3.63) is 21.3 Å². The standard InChI is InChI=1S/C18H27ClN2O3S.H2/c1-12(20-16(22)14-5-6-15(19)25-14)11-13-7-9-21(10-8-13)17(23)24-18(2,3)4;/h5-6,12-13H,7-11H2,1-4H3,(H,20,22);1H/t12-;/m1./s1. The maximum Gasteiger partial charge on any atom is 0.410 e. The van der Waals surface area contributed by atoms with Crippen molar-refractivity contribution in [3.8, 4) is 0 Å². The zero-order valence-corrected chi connectivity index (χ0v) is 16.9. The lowest BCUT2D eigenvalue weighted by molar-refractivity contribution is 0.0179. The molecule has 0 unspecified atom stereocenters. The molecule has 142 valence electrons. The Labute approximate surface area is 160 Å². The van der Waals surface area contributed by atoms with Crippen LogP contribution in [0.25, 0.3) is 0 Å². The molecule has 0 bridgehead atoms. The number of nitrogens with one attached hydrogen (secondary N) is 1. The largest absolute Gasteiger partial charge is 0.444 e. The number of hydrogen-bond donors (Lipinski definition) is 1. The fourth-order valence-corrected chi connectivity index (χ4v) is 3.91. The first kappa shape index (κ1) is 20.0. The van der Waals surface area contributed by atoms with Gasteiger partial charge in [0.2, 0.25) is 0 Å². The lowest BCUT2D eigenvalue weighted by Crippen LogP contribution is -2.43. The highest BCUT2D eigenvalue weighted by atomic mass is 35.5. The van der Waals surface area contributed by atoms with Crippen molar-refractivity contribution in [1.82, 2.24) is 10.2 Å². The summed E-state index contributed by atoms with van der Waals surface area (Å²) in [5.74, 6) is 0.427. The molecule has 0 spiro atoms. The van der Waals surface area contributed by atoms with Crippen LogP contribution in [0.3, 0.4) is 0 Å². The monoisotopic (exact) mass is 388 g/mol. The molecule has 1 aliphatic heterocycles. The number of likely N-dealkylation sites (tertiary alicyclic amines) is 1. The molecule has 2 amide bonds. The summed E-state index contributed by atoms with van der Waals surface area (Å²) in [6.45, 7) is 9.07. The number of rotatable bonds is 4. The molecule has 5 nitrogen and oxygen atoms in total. The smallest absolute Gasteiger partial charge is 0.410 e. The van der Waals surface area contributed by atoms with E-state index in [1.807, 2.05) is 27.7 Å². The van der Waals surface area contributed by atoms with Crippen LogP contribution in [0.5, 0.6) is 0 Å². The average molecular weight is 389 g/mol. The second-order valence-corrected chi connectivity index (χ2v) is 9.34. The van der Waals surface area contributed by atoms with Crippen molar-refractivity contribution in [3.63, 3.8) is 0 Å². The van der Waals surface area contributed by atoms with Crippen LogP contribution in [0.15, 0.2) is 12.1 Å². The van der Waals surface area contributed by atoms with Crippen LogP contribution >= 0.6 is 22.9 Å². The zero-order chi connectivity index (χ0) is 18.6. The number of thiophene rings is 1. The van der Waals surface area contributed by atoms with Crippen molar-refractivity contribution < 1.29 is 15.8 Å². The van der Waals surface area contributed by atoms with Gasteiger partial charge >= 0.3 is 6.09 Å². The Morgan fingerprint density at radius 3 is 2.56 bits per heavy atom. The van der Waals surface area contributed by atoms with Crippen LogP contribution < -0.4 is 5.32 Å². The van der Waals surface area contributed by atoms with Gasteiger partial charge in [-0.1, -0.05) is 11.6 Å². The molecule has 1 saturated heterocycles. The zero-order valence-electron chi connectivity index (χ0n) is 15.3. The molecule has 2 rings (SSSR count). The lowest BCUT2D eigenvalue weighted by atomic mass is 9.91. The maximum absolute atomic E-state index is 12.2. The number of carbonyl (C=O) groups excluding carboxylic acids is 2. The van der Waals surface area contributed by atoms with Gasteiger partial charge in [0.15, 0.2) is 0 Å². The predicted molar refractivity (Wildman–Crippen MR) is 104 cm³/mol. The van der Waals surface area contributed by atoms with E-state index < -0.39 is 5.60 Å². The quantitative estimate of drug-likeness (QED) is 0.805. The van der Waals surface area contributed by atoms with Gasteiger partial charge in [-0.3, -0.25) is 4.79 Å². The molecule has 1 N–H and O–H groups in total. The number of nitrogens with zero attached hydrogens (tertiary/aromatic N) is 1. The maximum atomic E-state index is 12.2. The Hall–Kier alpha value is -1.27. The van der Waals surface area contributed by atoms with Gasteiger partial charge in [0, 0.05) is 20.6 Å². The third-order valence-electron chi connectivity index (χ3n) is 4.13. The van der Waals surface area contributed by atoms with Crippen LogP contribution in [-0.4, -0.2) is 41.6 Å². The van der Waals surface area contributed by atoms with Gasteiger partial charge in [0.25, 0.3) is 5.91 Å². The van der Waals surface area contributed by atoms with Gasteiger partial charge in [-0.15, -0.1) is 11.3 Å². The number of piperidine rings is 1. The first-order valence-electron chi connectivity index (χ1n) is 8.68. The molecule has 0 aromatic carbocycles. The minimum Gasteiger partial charge on any atom is -0.444 e. The summed E-state index contributed by atoms with van der Waals surface area (Å²) in [6, 6.07) is 3.57. The first-order valence-corrected chi connectivity index (χ1v) is 9.87. The molecule has 1 fully saturated rings.